The molecule has 0 saturated carbocycles. The quantitative estimate of drug-likeness (QED) is 0.470. The van der Waals surface area contributed by atoms with Crippen LogP contribution in [0.2, 0.25) is 0 Å². The Labute approximate surface area is 178 Å². The highest BCUT2D eigenvalue weighted by atomic mass is 19.1. The fourth-order valence-corrected chi connectivity index (χ4v) is 4.38. The summed E-state index contributed by atoms with van der Waals surface area (Å²) in [7, 11) is 3.30. The lowest BCUT2D eigenvalue weighted by molar-refractivity contribution is 0.0593. The molecule has 7 nitrogen and oxygen atoms in total. The van der Waals surface area contributed by atoms with Gasteiger partial charge in [0.1, 0.15) is 0 Å². The van der Waals surface area contributed by atoms with Gasteiger partial charge < -0.3 is 9.47 Å². The van der Waals surface area contributed by atoms with Crippen LogP contribution in [0, 0.1) is 5.95 Å². The molecular formula is C23H23FN4O3. The zero-order valence-electron chi connectivity index (χ0n) is 17.5. The van der Waals surface area contributed by atoms with Crippen LogP contribution in [-0.4, -0.2) is 39.4 Å². The number of rotatable bonds is 4. The van der Waals surface area contributed by atoms with Crippen molar-refractivity contribution in [2.75, 3.05) is 20.3 Å². The minimum atomic E-state index is -0.555. The van der Waals surface area contributed by atoms with Gasteiger partial charge >= 0.3 is 5.69 Å². The number of nitrogens with zero attached hydrogens (tertiary/aromatic N) is 4. The van der Waals surface area contributed by atoms with Crippen LogP contribution < -0.4 is 5.69 Å². The van der Waals surface area contributed by atoms with Gasteiger partial charge in [-0.25, -0.2) is 9.78 Å². The number of pyridine rings is 2. The number of imidazole rings is 1. The van der Waals surface area contributed by atoms with Gasteiger partial charge in [0.2, 0.25) is 5.95 Å². The molecule has 1 aliphatic rings. The first-order valence-electron chi connectivity index (χ1n) is 10.3. The lowest BCUT2D eigenvalue weighted by Crippen LogP contribution is -2.31. The van der Waals surface area contributed by atoms with Crippen LogP contribution in [0.25, 0.3) is 33.1 Å². The summed E-state index contributed by atoms with van der Waals surface area (Å²) >= 11 is 0. The number of hydrogen-bond donors (Lipinski definition) is 0. The lowest BCUT2D eigenvalue weighted by atomic mass is 10.0. The maximum absolute atomic E-state index is 14.8. The van der Waals surface area contributed by atoms with Gasteiger partial charge in [0.25, 0.3) is 0 Å². The van der Waals surface area contributed by atoms with Gasteiger partial charge in [-0.15, -0.1) is 0 Å². The average molecular weight is 422 g/mol. The first kappa shape index (κ1) is 19.8. The first-order valence-corrected chi connectivity index (χ1v) is 10.3. The van der Waals surface area contributed by atoms with Gasteiger partial charge in [-0.3, -0.25) is 14.1 Å². The Bertz CT molecular complexity index is 1340. The number of ether oxygens (including phenoxy) is 2. The van der Waals surface area contributed by atoms with Crippen molar-refractivity contribution < 1.29 is 13.9 Å². The van der Waals surface area contributed by atoms with Crippen molar-refractivity contribution >= 4 is 21.9 Å². The standard InChI is InChI=1S/C23H23FN4O3/c1-27-20-11-25-19-8-5-14(17-7-6-15(12-30-2)26-22(17)24)10-18(19)21(20)28(23(27)29)16-4-3-9-31-13-16/h5-8,10-11,16H,3-4,9,12-13H2,1-2H3/t16-/m1/s1. The molecule has 4 aromatic rings. The number of methoxy groups -OCH3 is 1. The molecule has 3 aromatic heterocycles. The Balaban J connectivity index is 1.73. The van der Waals surface area contributed by atoms with E-state index in [0.717, 1.165) is 34.8 Å². The van der Waals surface area contributed by atoms with Crippen LogP contribution in [0.1, 0.15) is 24.6 Å². The largest absolute Gasteiger partial charge is 0.379 e. The van der Waals surface area contributed by atoms with Crippen LogP contribution in [0.3, 0.4) is 0 Å². The minimum absolute atomic E-state index is 0.0362. The lowest BCUT2D eigenvalue weighted by Gasteiger charge is -2.23. The van der Waals surface area contributed by atoms with E-state index in [1.807, 2.05) is 22.8 Å². The van der Waals surface area contributed by atoms with Gasteiger partial charge in [0.05, 0.1) is 47.7 Å². The summed E-state index contributed by atoms with van der Waals surface area (Å²) in [6, 6.07) is 8.99. The maximum atomic E-state index is 14.8. The molecule has 0 N–H and O–H groups in total. The third kappa shape index (κ3) is 3.32. The molecule has 0 amide bonds. The molecular weight excluding hydrogens is 399 g/mol. The Morgan fingerprint density at radius 3 is 2.90 bits per heavy atom. The van der Waals surface area contributed by atoms with Crippen molar-refractivity contribution in [2.24, 2.45) is 7.05 Å². The molecule has 5 rings (SSSR count). The Morgan fingerprint density at radius 2 is 2.16 bits per heavy atom. The van der Waals surface area contributed by atoms with Crippen molar-refractivity contribution in [3.05, 3.63) is 58.7 Å². The van der Waals surface area contributed by atoms with Crippen LogP contribution in [0.5, 0.6) is 0 Å². The molecule has 31 heavy (non-hydrogen) atoms. The molecule has 0 radical (unpaired) electrons. The van der Waals surface area contributed by atoms with Crippen molar-refractivity contribution in [1.82, 2.24) is 19.1 Å². The molecule has 0 aliphatic carbocycles. The van der Waals surface area contributed by atoms with Crippen molar-refractivity contribution in [3.8, 4) is 11.1 Å². The third-order valence-corrected chi connectivity index (χ3v) is 5.93. The summed E-state index contributed by atoms with van der Waals surface area (Å²) in [5, 5.41) is 0.804. The monoisotopic (exact) mass is 422 g/mol. The van der Waals surface area contributed by atoms with Gasteiger partial charge in [-0.05, 0) is 42.7 Å². The molecule has 4 heterocycles. The van der Waals surface area contributed by atoms with Crippen LogP contribution in [0.4, 0.5) is 4.39 Å². The molecule has 0 unspecified atom stereocenters. The van der Waals surface area contributed by atoms with E-state index in [0.29, 0.717) is 30.0 Å². The van der Waals surface area contributed by atoms with E-state index in [9.17, 15) is 9.18 Å². The molecule has 1 fully saturated rings. The SMILES string of the molecule is COCc1ccc(-c2ccc3ncc4c(c3c2)n([C@@H]2CCCOC2)c(=O)n4C)c(F)n1. The molecule has 1 aromatic carbocycles. The fourth-order valence-electron chi connectivity index (χ4n) is 4.38. The number of hydrogen-bond acceptors (Lipinski definition) is 5. The summed E-state index contributed by atoms with van der Waals surface area (Å²) < 4.78 is 28.9. The van der Waals surface area contributed by atoms with Gasteiger partial charge in [0, 0.05) is 31.7 Å². The van der Waals surface area contributed by atoms with Crippen LogP contribution in [0.15, 0.2) is 41.3 Å². The second kappa shape index (κ2) is 7.86. The summed E-state index contributed by atoms with van der Waals surface area (Å²) in [4.78, 5) is 21.6. The average Bonchev–Trinajstić information content (AvgIpc) is 3.05. The highest BCUT2D eigenvalue weighted by Crippen LogP contribution is 2.32. The summed E-state index contributed by atoms with van der Waals surface area (Å²) in [5.41, 5.74) is 3.80. The predicted molar refractivity (Wildman–Crippen MR) is 115 cm³/mol. The van der Waals surface area contributed by atoms with Gasteiger partial charge in [-0.1, -0.05) is 6.07 Å². The number of halogens is 1. The van der Waals surface area contributed by atoms with Gasteiger partial charge in [0.15, 0.2) is 0 Å². The van der Waals surface area contributed by atoms with Crippen molar-refractivity contribution in [1.29, 1.82) is 0 Å². The molecule has 1 saturated heterocycles. The highest BCUT2D eigenvalue weighted by molar-refractivity contribution is 6.04. The van der Waals surface area contributed by atoms with Crippen molar-refractivity contribution in [2.45, 2.75) is 25.5 Å². The molecule has 160 valence electrons. The van der Waals surface area contributed by atoms with E-state index in [2.05, 4.69) is 9.97 Å². The van der Waals surface area contributed by atoms with Crippen molar-refractivity contribution in [3.63, 3.8) is 0 Å². The molecule has 0 spiro atoms. The van der Waals surface area contributed by atoms with E-state index in [1.165, 1.54) is 0 Å². The molecule has 1 aliphatic heterocycles. The fraction of sp³-hybridized carbons (Fsp3) is 0.348. The topological polar surface area (TPSA) is 71.2 Å². The summed E-state index contributed by atoms with van der Waals surface area (Å²) in [5.74, 6) is -0.555. The second-order valence-corrected chi connectivity index (χ2v) is 7.88. The molecule has 1 atom stereocenters. The number of benzene rings is 1. The van der Waals surface area contributed by atoms with E-state index in [1.54, 1.807) is 37.1 Å². The summed E-state index contributed by atoms with van der Waals surface area (Å²) in [6.45, 7) is 1.47. The Morgan fingerprint density at radius 1 is 1.29 bits per heavy atom. The van der Waals surface area contributed by atoms with Gasteiger partial charge in [-0.2, -0.15) is 4.39 Å². The second-order valence-electron chi connectivity index (χ2n) is 7.88. The smallest absolute Gasteiger partial charge is 0.329 e. The van der Waals surface area contributed by atoms with E-state index in [-0.39, 0.29) is 18.3 Å². The highest BCUT2D eigenvalue weighted by Gasteiger charge is 2.24. The normalized spacial score (nSPS) is 16.9. The number of aromatic nitrogens is 4. The number of aryl methyl sites for hydroxylation is 1. The van der Waals surface area contributed by atoms with E-state index < -0.39 is 5.95 Å². The molecule has 0 bridgehead atoms. The first-order chi connectivity index (χ1) is 15.1. The zero-order chi connectivity index (χ0) is 21.5. The number of fused-ring (bicyclic) bond motifs is 3. The van der Waals surface area contributed by atoms with E-state index >= 15 is 0 Å². The molecule has 8 heteroatoms. The Kier molecular flexibility index (Phi) is 5.03. The predicted octanol–water partition coefficient (Wildman–Crippen LogP) is 3.59. The van der Waals surface area contributed by atoms with E-state index in [4.69, 9.17) is 9.47 Å². The summed E-state index contributed by atoms with van der Waals surface area (Å²) in [6.07, 6.45) is 3.51. The Hall–Kier alpha value is -3.10. The van der Waals surface area contributed by atoms with Crippen LogP contribution >= 0.6 is 0 Å². The zero-order valence-corrected chi connectivity index (χ0v) is 17.5. The minimum Gasteiger partial charge on any atom is -0.379 e. The maximum Gasteiger partial charge on any atom is 0.329 e. The third-order valence-electron chi connectivity index (χ3n) is 5.93. The van der Waals surface area contributed by atoms with Crippen LogP contribution in [-0.2, 0) is 23.1 Å².